The van der Waals surface area contributed by atoms with Crippen LogP contribution in [0.3, 0.4) is 0 Å². The van der Waals surface area contributed by atoms with Crippen LogP contribution in [0.25, 0.3) is 0 Å². The summed E-state index contributed by atoms with van der Waals surface area (Å²) in [6.45, 7) is 1.00. The van der Waals surface area contributed by atoms with Gasteiger partial charge in [0.2, 0.25) is 0 Å². The van der Waals surface area contributed by atoms with Crippen LogP contribution < -0.4 is 9.47 Å². The van der Waals surface area contributed by atoms with Crippen LogP contribution in [0.2, 0.25) is 0 Å². The van der Waals surface area contributed by atoms with E-state index in [2.05, 4.69) is 6.07 Å². The van der Waals surface area contributed by atoms with E-state index in [-0.39, 0.29) is 0 Å². The van der Waals surface area contributed by atoms with E-state index in [9.17, 15) is 0 Å². The van der Waals surface area contributed by atoms with Crippen molar-refractivity contribution in [3.05, 3.63) is 95.6 Å². The monoisotopic (exact) mass is 343 g/mol. The summed E-state index contributed by atoms with van der Waals surface area (Å²) in [5.74, 6) is 1.51. The zero-order valence-electron chi connectivity index (χ0n) is 14.6. The molecule has 0 radical (unpaired) electrons. The Balaban J connectivity index is 1.71. The fourth-order valence-corrected chi connectivity index (χ4v) is 2.62. The molecule has 26 heavy (non-hydrogen) atoms. The SMILES string of the molecule is N#CCCc1cc(OCc2ccccc2)cc(OCc2ccccc2)c1. The lowest BCUT2D eigenvalue weighted by molar-refractivity contribution is 0.289. The predicted octanol–water partition coefficient (Wildman–Crippen LogP) is 5.30. The van der Waals surface area contributed by atoms with Gasteiger partial charge in [-0.15, -0.1) is 0 Å². The third-order valence-electron chi connectivity index (χ3n) is 3.96. The summed E-state index contributed by atoms with van der Waals surface area (Å²) < 4.78 is 11.9. The third-order valence-corrected chi connectivity index (χ3v) is 3.96. The molecule has 0 spiro atoms. The average molecular weight is 343 g/mol. The maximum Gasteiger partial charge on any atom is 0.123 e. The van der Waals surface area contributed by atoms with Crippen molar-refractivity contribution in [2.24, 2.45) is 0 Å². The van der Waals surface area contributed by atoms with Gasteiger partial charge >= 0.3 is 0 Å². The summed E-state index contributed by atoms with van der Waals surface area (Å²) in [7, 11) is 0. The van der Waals surface area contributed by atoms with Gasteiger partial charge in [-0.05, 0) is 35.2 Å². The average Bonchev–Trinajstić information content (AvgIpc) is 2.71. The Morgan fingerprint density at radius 1 is 0.654 bits per heavy atom. The maximum atomic E-state index is 8.86. The van der Waals surface area contributed by atoms with Crippen LogP contribution in [0.4, 0.5) is 0 Å². The van der Waals surface area contributed by atoms with Gasteiger partial charge in [-0.3, -0.25) is 0 Å². The van der Waals surface area contributed by atoms with Gasteiger partial charge in [-0.1, -0.05) is 60.7 Å². The van der Waals surface area contributed by atoms with Crippen LogP contribution in [0.1, 0.15) is 23.1 Å². The molecule has 0 saturated heterocycles. The summed E-state index contributed by atoms with van der Waals surface area (Å²) in [5.41, 5.74) is 3.27. The number of ether oxygens (including phenoxy) is 2. The third kappa shape index (κ3) is 5.39. The molecule has 3 aromatic rings. The Kier molecular flexibility index (Phi) is 6.28. The van der Waals surface area contributed by atoms with Crippen molar-refractivity contribution in [3.8, 4) is 17.6 Å². The smallest absolute Gasteiger partial charge is 0.123 e. The second-order valence-corrected chi connectivity index (χ2v) is 6.02. The number of nitriles is 1. The van der Waals surface area contributed by atoms with Crippen molar-refractivity contribution < 1.29 is 9.47 Å². The Morgan fingerprint density at radius 2 is 1.15 bits per heavy atom. The molecule has 130 valence electrons. The van der Waals surface area contributed by atoms with Gasteiger partial charge < -0.3 is 9.47 Å². The predicted molar refractivity (Wildman–Crippen MR) is 102 cm³/mol. The summed E-state index contributed by atoms with van der Waals surface area (Å²) >= 11 is 0. The highest BCUT2D eigenvalue weighted by Gasteiger charge is 2.05. The van der Waals surface area contributed by atoms with Crippen molar-refractivity contribution in [2.75, 3.05) is 0 Å². The van der Waals surface area contributed by atoms with Crippen molar-refractivity contribution in [1.82, 2.24) is 0 Å². The Bertz CT molecular complexity index is 793. The number of rotatable bonds is 8. The fraction of sp³-hybridized carbons (Fsp3) is 0.174. The lowest BCUT2D eigenvalue weighted by atomic mass is 10.1. The standard InChI is InChI=1S/C23H21NO2/c24-13-7-12-21-14-22(25-17-19-8-3-1-4-9-19)16-23(15-21)26-18-20-10-5-2-6-11-20/h1-6,8-11,14-16H,7,12,17-18H2. The van der Waals surface area contributed by atoms with E-state index >= 15 is 0 Å². The van der Waals surface area contributed by atoms with E-state index in [0.717, 1.165) is 28.2 Å². The van der Waals surface area contributed by atoms with Crippen molar-refractivity contribution in [1.29, 1.82) is 5.26 Å². The molecule has 0 heterocycles. The number of aryl methyl sites for hydroxylation is 1. The summed E-state index contributed by atoms with van der Waals surface area (Å²) in [6.07, 6.45) is 1.15. The summed E-state index contributed by atoms with van der Waals surface area (Å²) in [6, 6.07) is 28.2. The largest absolute Gasteiger partial charge is 0.489 e. The first-order valence-electron chi connectivity index (χ1n) is 8.68. The van der Waals surface area contributed by atoms with E-state index in [1.54, 1.807) is 0 Å². The Hall–Kier alpha value is -3.25. The van der Waals surface area contributed by atoms with Crippen molar-refractivity contribution in [2.45, 2.75) is 26.1 Å². The first-order valence-corrected chi connectivity index (χ1v) is 8.68. The molecule has 0 aliphatic heterocycles. The molecule has 0 amide bonds. The van der Waals surface area contributed by atoms with E-state index < -0.39 is 0 Å². The first-order chi connectivity index (χ1) is 12.8. The molecule has 0 N–H and O–H groups in total. The highest BCUT2D eigenvalue weighted by atomic mass is 16.5. The topological polar surface area (TPSA) is 42.2 Å². The zero-order chi connectivity index (χ0) is 18.0. The molecule has 0 saturated carbocycles. The molecule has 3 heteroatoms. The van der Waals surface area contributed by atoms with Crippen LogP contribution in [0.15, 0.2) is 78.9 Å². The molecular weight excluding hydrogens is 322 g/mol. The Morgan fingerprint density at radius 3 is 1.62 bits per heavy atom. The van der Waals surface area contributed by atoms with Crippen LogP contribution in [-0.4, -0.2) is 0 Å². The molecule has 3 rings (SSSR count). The molecule has 0 bridgehead atoms. The normalized spacial score (nSPS) is 10.1. The lowest BCUT2D eigenvalue weighted by Gasteiger charge is -2.12. The minimum atomic E-state index is 0.472. The quantitative estimate of drug-likeness (QED) is 0.557. The van der Waals surface area contributed by atoms with E-state index in [0.29, 0.717) is 26.1 Å². The van der Waals surface area contributed by atoms with Gasteiger partial charge in [0.1, 0.15) is 24.7 Å². The van der Waals surface area contributed by atoms with Gasteiger partial charge in [0, 0.05) is 12.5 Å². The van der Waals surface area contributed by atoms with E-state index in [1.165, 1.54) is 0 Å². The molecule has 0 aliphatic rings. The summed E-state index contributed by atoms with van der Waals surface area (Å²) in [5, 5.41) is 8.86. The van der Waals surface area contributed by atoms with E-state index in [4.69, 9.17) is 14.7 Å². The molecule has 0 atom stereocenters. The number of nitrogens with zero attached hydrogens (tertiary/aromatic N) is 1. The molecule has 0 aromatic heterocycles. The first kappa shape index (κ1) is 17.6. The highest BCUT2D eigenvalue weighted by Crippen LogP contribution is 2.25. The molecule has 0 aliphatic carbocycles. The molecule has 0 unspecified atom stereocenters. The maximum absolute atomic E-state index is 8.86. The van der Waals surface area contributed by atoms with Crippen LogP contribution >= 0.6 is 0 Å². The minimum absolute atomic E-state index is 0.472. The van der Waals surface area contributed by atoms with Crippen LogP contribution in [-0.2, 0) is 19.6 Å². The van der Waals surface area contributed by atoms with Gasteiger partial charge in [0.15, 0.2) is 0 Å². The summed E-state index contributed by atoms with van der Waals surface area (Å²) in [4.78, 5) is 0. The van der Waals surface area contributed by atoms with Gasteiger partial charge in [0.25, 0.3) is 0 Å². The van der Waals surface area contributed by atoms with Gasteiger partial charge in [-0.25, -0.2) is 0 Å². The van der Waals surface area contributed by atoms with Crippen molar-refractivity contribution >= 4 is 0 Å². The fourth-order valence-electron chi connectivity index (χ4n) is 2.62. The number of hydrogen-bond donors (Lipinski definition) is 0. The molecular formula is C23H21NO2. The van der Waals surface area contributed by atoms with Gasteiger partial charge in [-0.2, -0.15) is 5.26 Å². The lowest BCUT2D eigenvalue weighted by Crippen LogP contribution is -1.99. The van der Waals surface area contributed by atoms with Crippen molar-refractivity contribution in [3.63, 3.8) is 0 Å². The molecule has 0 fully saturated rings. The van der Waals surface area contributed by atoms with Gasteiger partial charge in [0.05, 0.1) is 6.07 Å². The van der Waals surface area contributed by atoms with Crippen LogP contribution in [0.5, 0.6) is 11.5 Å². The van der Waals surface area contributed by atoms with E-state index in [1.807, 2.05) is 78.9 Å². The second kappa shape index (κ2) is 9.29. The number of benzene rings is 3. The highest BCUT2D eigenvalue weighted by molar-refractivity contribution is 5.39. The number of hydrogen-bond acceptors (Lipinski definition) is 3. The Labute approximate surface area is 154 Å². The second-order valence-electron chi connectivity index (χ2n) is 6.02. The van der Waals surface area contributed by atoms with Crippen LogP contribution in [0, 0.1) is 11.3 Å². The zero-order valence-corrected chi connectivity index (χ0v) is 14.6. The molecule has 3 aromatic carbocycles. The molecule has 3 nitrogen and oxygen atoms in total. The minimum Gasteiger partial charge on any atom is -0.489 e.